The number of rotatable bonds is 3. The molecule has 0 spiro atoms. The Morgan fingerprint density at radius 2 is 2.00 bits per heavy atom. The van der Waals surface area contributed by atoms with Crippen molar-refractivity contribution in [3.8, 4) is 0 Å². The third kappa shape index (κ3) is 3.12. The van der Waals surface area contributed by atoms with Crippen molar-refractivity contribution in [1.29, 1.82) is 0 Å². The van der Waals surface area contributed by atoms with E-state index in [0.717, 1.165) is 0 Å². The van der Waals surface area contributed by atoms with Gasteiger partial charge in [0.2, 0.25) is 0 Å². The molecule has 5 nitrogen and oxygen atoms in total. The van der Waals surface area contributed by atoms with Gasteiger partial charge in [0, 0.05) is 32.3 Å². The summed E-state index contributed by atoms with van der Waals surface area (Å²) in [6.45, 7) is 2.61. The summed E-state index contributed by atoms with van der Waals surface area (Å²) in [7, 11) is -1.78. The summed E-state index contributed by atoms with van der Waals surface area (Å²) in [5.74, 6) is 0.567. The van der Waals surface area contributed by atoms with Crippen LogP contribution in [0.2, 0.25) is 0 Å². The standard InChI is InChI=1S/C16H22FN3O2S/c1-12-18-16(11-19(12)2)23(21,22)20-9-7-13(8-10-20)14-5-3-4-6-15(14)17/h3,5-6,11,13-14H,4,7-10H2,1-2H3. The summed E-state index contributed by atoms with van der Waals surface area (Å²) < 4.78 is 42.4. The Labute approximate surface area is 136 Å². The van der Waals surface area contributed by atoms with E-state index >= 15 is 0 Å². The number of hydrogen-bond donors (Lipinski definition) is 0. The minimum absolute atomic E-state index is 0.0749. The molecule has 0 saturated carbocycles. The molecule has 2 heterocycles. The maximum atomic E-state index is 13.9. The van der Waals surface area contributed by atoms with E-state index in [1.54, 1.807) is 30.8 Å². The molecule has 0 amide bonds. The molecule has 1 fully saturated rings. The van der Waals surface area contributed by atoms with Crippen LogP contribution in [0.15, 0.2) is 35.3 Å². The van der Waals surface area contributed by atoms with Gasteiger partial charge >= 0.3 is 0 Å². The van der Waals surface area contributed by atoms with E-state index in [-0.39, 0.29) is 22.7 Å². The first-order chi connectivity index (χ1) is 10.9. The van der Waals surface area contributed by atoms with Crippen molar-refractivity contribution in [2.75, 3.05) is 13.1 Å². The van der Waals surface area contributed by atoms with E-state index in [1.807, 2.05) is 12.2 Å². The number of aromatic nitrogens is 2. The predicted octanol–water partition coefficient (Wildman–Crippen LogP) is 2.56. The maximum absolute atomic E-state index is 13.9. The van der Waals surface area contributed by atoms with E-state index in [4.69, 9.17) is 0 Å². The van der Waals surface area contributed by atoms with Gasteiger partial charge in [-0.1, -0.05) is 12.2 Å². The Kier molecular flexibility index (Phi) is 4.42. The Morgan fingerprint density at radius 1 is 1.30 bits per heavy atom. The lowest BCUT2D eigenvalue weighted by atomic mass is 9.82. The highest BCUT2D eigenvalue weighted by molar-refractivity contribution is 7.89. The molecule has 1 saturated heterocycles. The second kappa shape index (κ2) is 6.20. The first-order valence-electron chi connectivity index (χ1n) is 7.92. The Morgan fingerprint density at radius 3 is 2.57 bits per heavy atom. The van der Waals surface area contributed by atoms with Gasteiger partial charge in [-0.3, -0.25) is 0 Å². The molecule has 1 aromatic heterocycles. The molecule has 23 heavy (non-hydrogen) atoms. The molecule has 1 aliphatic heterocycles. The van der Waals surface area contributed by atoms with Gasteiger partial charge in [0.1, 0.15) is 11.7 Å². The van der Waals surface area contributed by atoms with E-state index in [9.17, 15) is 12.8 Å². The largest absolute Gasteiger partial charge is 0.337 e. The Bertz CT molecular complexity index is 724. The van der Waals surface area contributed by atoms with E-state index in [2.05, 4.69) is 4.98 Å². The zero-order valence-corrected chi connectivity index (χ0v) is 14.3. The van der Waals surface area contributed by atoms with Gasteiger partial charge in [0.25, 0.3) is 10.0 Å². The highest BCUT2D eigenvalue weighted by Gasteiger charge is 2.34. The number of allylic oxidation sites excluding steroid dienone is 4. The van der Waals surface area contributed by atoms with Crippen LogP contribution in [0.1, 0.15) is 25.1 Å². The number of sulfonamides is 1. The second-order valence-electron chi connectivity index (χ2n) is 6.26. The van der Waals surface area contributed by atoms with Crippen molar-refractivity contribution >= 4 is 10.0 Å². The first-order valence-corrected chi connectivity index (χ1v) is 9.36. The van der Waals surface area contributed by atoms with Crippen molar-refractivity contribution in [2.45, 2.75) is 31.2 Å². The topological polar surface area (TPSA) is 55.2 Å². The summed E-state index contributed by atoms with van der Waals surface area (Å²) in [6, 6.07) is 0. The third-order valence-corrected chi connectivity index (χ3v) is 6.58. The number of imidazole rings is 1. The second-order valence-corrected chi connectivity index (χ2v) is 8.14. The lowest BCUT2D eigenvalue weighted by molar-refractivity contribution is 0.231. The molecular weight excluding hydrogens is 317 g/mol. The van der Waals surface area contributed by atoms with Gasteiger partial charge in [-0.15, -0.1) is 0 Å². The minimum Gasteiger partial charge on any atom is -0.337 e. The first kappa shape index (κ1) is 16.4. The van der Waals surface area contributed by atoms with Gasteiger partial charge < -0.3 is 4.57 Å². The van der Waals surface area contributed by atoms with Crippen LogP contribution in [-0.2, 0) is 17.1 Å². The molecule has 1 aliphatic carbocycles. The van der Waals surface area contributed by atoms with Crippen LogP contribution in [0.4, 0.5) is 4.39 Å². The van der Waals surface area contributed by atoms with Crippen molar-refractivity contribution in [2.24, 2.45) is 18.9 Å². The SMILES string of the molecule is Cc1nc(S(=O)(=O)N2CCC(C3C=CCC=C3F)CC2)cn1C. The van der Waals surface area contributed by atoms with Crippen molar-refractivity contribution in [1.82, 2.24) is 13.9 Å². The molecule has 7 heteroatoms. The van der Waals surface area contributed by atoms with Gasteiger partial charge in [0.05, 0.1) is 0 Å². The van der Waals surface area contributed by atoms with Gasteiger partial charge in [-0.05, 0) is 38.2 Å². The van der Waals surface area contributed by atoms with Gasteiger partial charge in [0.15, 0.2) is 5.03 Å². The lowest BCUT2D eigenvalue weighted by Crippen LogP contribution is -2.40. The number of hydrogen-bond acceptors (Lipinski definition) is 3. The van der Waals surface area contributed by atoms with E-state index < -0.39 is 10.0 Å². The van der Waals surface area contributed by atoms with Crippen molar-refractivity contribution < 1.29 is 12.8 Å². The van der Waals surface area contributed by atoms with Crippen LogP contribution >= 0.6 is 0 Å². The van der Waals surface area contributed by atoms with Crippen molar-refractivity contribution in [3.63, 3.8) is 0 Å². The third-order valence-electron chi connectivity index (χ3n) is 4.81. The van der Waals surface area contributed by atoms with E-state index in [0.29, 0.717) is 38.2 Å². The normalized spacial score (nSPS) is 24.0. The molecule has 126 valence electrons. The molecule has 0 bridgehead atoms. The summed E-state index contributed by atoms with van der Waals surface area (Å²) in [5, 5.41) is 0.0968. The fraction of sp³-hybridized carbons (Fsp3) is 0.562. The lowest BCUT2D eigenvalue weighted by Gasteiger charge is -2.34. The van der Waals surface area contributed by atoms with Crippen LogP contribution in [0.3, 0.4) is 0 Å². The van der Waals surface area contributed by atoms with Crippen LogP contribution in [-0.4, -0.2) is 35.4 Å². The predicted molar refractivity (Wildman–Crippen MR) is 85.9 cm³/mol. The van der Waals surface area contributed by atoms with Crippen LogP contribution < -0.4 is 0 Å². The van der Waals surface area contributed by atoms with Crippen LogP contribution in [0, 0.1) is 18.8 Å². The van der Waals surface area contributed by atoms with Crippen LogP contribution in [0.25, 0.3) is 0 Å². The monoisotopic (exact) mass is 339 g/mol. The zero-order valence-electron chi connectivity index (χ0n) is 13.4. The average molecular weight is 339 g/mol. The molecular formula is C16H22FN3O2S. The molecule has 3 rings (SSSR count). The quantitative estimate of drug-likeness (QED) is 0.795. The van der Waals surface area contributed by atoms with Gasteiger partial charge in [-0.2, -0.15) is 4.31 Å². The maximum Gasteiger partial charge on any atom is 0.262 e. The van der Waals surface area contributed by atoms with Crippen molar-refractivity contribution in [3.05, 3.63) is 36.1 Å². The number of aryl methyl sites for hydroxylation is 2. The number of piperidine rings is 1. The molecule has 1 unspecified atom stereocenters. The molecule has 1 aromatic rings. The van der Waals surface area contributed by atoms with E-state index in [1.165, 1.54) is 4.31 Å². The summed E-state index contributed by atoms with van der Waals surface area (Å²) in [5.41, 5.74) is 0. The molecule has 0 aromatic carbocycles. The molecule has 2 aliphatic rings. The summed E-state index contributed by atoms with van der Waals surface area (Å²) in [4.78, 5) is 4.13. The molecule has 0 N–H and O–H groups in total. The Balaban J connectivity index is 1.70. The fourth-order valence-corrected chi connectivity index (χ4v) is 4.77. The molecule has 0 radical (unpaired) electrons. The highest BCUT2D eigenvalue weighted by Crippen LogP contribution is 2.35. The highest BCUT2D eigenvalue weighted by atomic mass is 32.2. The summed E-state index contributed by atoms with van der Waals surface area (Å²) >= 11 is 0. The minimum atomic E-state index is -3.56. The van der Waals surface area contributed by atoms with Crippen LogP contribution in [0.5, 0.6) is 0 Å². The smallest absolute Gasteiger partial charge is 0.262 e. The van der Waals surface area contributed by atoms with Gasteiger partial charge in [-0.25, -0.2) is 17.8 Å². The number of nitrogens with zero attached hydrogens (tertiary/aromatic N) is 3. The molecule has 1 atom stereocenters. The number of halogens is 1. The Hall–Kier alpha value is -1.47. The average Bonchev–Trinajstić information content (AvgIpc) is 2.88. The zero-order chi connectivity index (χ0) is 16.6. The fourth-order valence-electron chi connectivity index (χ4n) is 3.27. The summed E-state index contributed by atoms with van der Waals surface area (Å²) in [6.07, 6.45) is 9.05.